The molecule has 1 fully saturated rings. The number of hydrogen-bond donors (Lipinski definition) is 0. The van der Waals surface area contributed by atoms with Gasteiger partial charge in [-0.1, -0.05) is 42.5 Å². The van der Waals surface area contributed by atoms with Crippen LogP contribution in [0.5, 0.6) is 0 Å². The highest BCUT2D eigenvalue weighted by atomic mass is 32.1. The zero-order valence-electron chi connectivity index (χ0n) is 13.4. The monoisotopic (exact) mass is 323 g/mol. The van der Waals surface area contributed by atoms with E-state index in [0.29, 0.717) is 5.92 Å². The van der Waals surface area contributed by atoms with Gasteiger partial charge in [0, 0.05) is 12.5 Å². The summed E-state index contributed by atoms with van der Waals surface area (Å²) >= 11 is 1.76. The Morgan fingerprint density at radius 3 is 2.61 bits per heavy atom. The van der Waals surface area contributed by atoms with Crippen LogP contribution in [0.15, 0.2) is 42.5 Å². The molecule has 4 heteroatoms. The fraction of sp³-hybridized carbons (Fsp3) is 0.368. The molecular formula is C19H21N3S. The van der Waals surface area contributed by atoms with E-state index >= 15 is 0 Å². The molecule has 0 saturated carbocycles. The van der Waals surface area contributed by atoms with Gasteiger partial charge >= 0.3 is 0 Å². The number of rotatable bonds is 3. The minimum atomic E-state index is 0.602. The van der Waals surface area contributed by atoms with E-state index in [2.05, 4.69) is 57.6 Å². The van der Waals surface area contributed by atoms with Crippen LogP contribution in [-0.2, 0) is 6.54 Å². The summed E-state index contributed by atoms with van der Waals surface area (Å²) in [6, 6.07) is 15.3. The first kappa shape index (κ1) is 14.8. The molecule has 3 nitrogen and oxygen atoms in total. The Balaban J connectivity index is 1.44. The zero-order chi connectivity index (χ0) is 15.6. The minimum absolute atomic E-state index is 0.602. The second-order valence-electron chi connectivity index (χ2n) is 6.35. The summed E-state index contributed by atoms with van der Waals surface area (Å²) < 4.78 is 0. The van der Waals surface area contributed by atoms with Crippen LogP contribution in [-0.4, -0.2) is 28.2 Å². The smallest absolute Gasteiger partial charge is 0.120 e. The van der Waals surface area contributed by atoms with Gasteiger partial charge in [-0.05, 0) is 49.2 Å². The molecule has 1 saturated heterocycles. The number of nitrogens with zero attached hydrogens (tertiary/aromatic N) is 3. The Kier molecular flexibility index (Phi) is 4.10. The Labute approximate surface area is 141 Å². The summed E-state index contributed by atoms with van der Waals surface area (Å²) in [6.45, 7) is 5.37. The molecule has 2 aromatic carbocycles. The standard InChI is InChI=1S/C19H21N3S/c1-14-20-21-19(23-14)16-9-11-22(12-10-16)13-17-7-4-6-15-5-2-3-8-18(15)17/h2-8,16H,9-13H2,1H3. The second-order valence-corrected chi connectivity index (χ2v) is 7.56. The lowest BCUT2D eigenvalue weighted by Crippen LogP contribution is -2.32. The molecule has 0 unspecified atom stereocenters. The number of fused-ring (bicyclic) bond motifs is 1. The number of likely N-dealkylation sites (tertiary alicyclic amines) is 1. The minimum Gasteiger partial charge on any atom is -0.299 e. The van der Waals surface area contributed by atoms with Crippen molar-refractivity contribution in [1.82, 2.24) is 15.1 Å². The number of piperidine rings is 1. The molecule has 0 aliphatic carbocycles. The first-order valence-electron chi connectivity index (χ1n) is 8.28. The van der Waals surface area contributed by atoms with Gasteiger partial charge in [0.1, 0.15) is 10.0 Å². The van der Waals surface area contributed by atoms with Crippen molar-refractivity contribution >= 4 is 22.1 Å². The molecule has 23 heavy (non-hydrogen) atoms. The number of benzene rings is 2. The van der Waals surface area contributed by atoms with Crippen molar-refractivity contribution < 1.29 is 0 Å². The molecule has 3 aromatic rings. The first-order chi connectivity index (χ1) is 11.3. The number of aryl methyl sites for hydroxylation is 1. The summed E-state index contributed by atoms with van der Waals surface area (Å²) in [6.07, 6.45) is 2.39. The van der Waals surface area contributed by atoms with Crippen molar-refractivity contribution in [2.24, 2.45) is 0 Å². The molecule has 2 heterocycles. The van der Waals surface area contributed by atoms with Gasteiger partial charge in [0.2, 0.25) is 0 Å². The maximum atomic E-state index is 4.34. The zero-order valence-corrected chi connectivity index (χ0v) is 14.2. The predicted octanol–water partition coefficient (Wildman–Crippen LogP) is 4.38. The number of hydrogen-bond acceptors (Lipinski definition) is 4. The van der Waals surface area contributed by atoms with E-state index in [1.54, 1.807) is 11.3 Å². The van der Waals surface area contributed by atoms with Crippen molar-refractivity contribution in [2.75, 3.05) is 13.1 Å². The van der Waals surface area contributed by atoms with Gasteiger partial charge in [-0.15, -0.1) is 21.5 Å². The summed E-state index contributed by atoms with van der Waals surface area (Å²) in [5.74, 6) is 0.602. The summed E-state index contributed by atoms with van der Waals surface area (Å²) in [5, 5.41) is 13.5. The molecule has 0 atom stereocenters. The maximum absolute atomic E-state index is 4.34. The van der Waals surface area contributed by atoms with E-state index in [-0.39, 0.29) is 0 Å². The lowest BCUT2D eigenvalue weighted by atomic mass is 9.96. The summed E-state index contributed by atoms with van der Waals surface area (Å²) in [5.41, 5.74) is 1.44. The third-order valence-corrected chi connectivity index (χ3v) is 5.75. The van der Waals surface area contributed by atoms with Gasteiger partial charge in [0.05, 0.1) is 0 Å². The van der Waals surface area contributed by atoms with Crippen LogP contribution >= 0.6 is 11.3 Å². The first-order valence-corrected chi connectivity index (χ1v) is 9.10. The third-order valence-electron chi connectivity index (χ3n) is 4.75. The topological polar surface area (TPSA) is 29.0 Å². The summed E-state index contributed by atoms with van der Waals surface area (Å²) in [7, 11) is 0. The number of aromatic nitrogens is 2. The molecule has 0 amide bonds. The molecule has 1 aromatic heterocycles. The van der Waals surface area contributed by atoms with Crippen LogP contribution in [0, 0.1) is 6.92 Å². The Bertz CT molecular complexity index is 798. The van der Waals surface area contributed by atoms with Gasteiger partial charge in [-0.3, -0.25) is 4.90 Å². The quantitative estimate of drug-likeness (QED) is 0.716. The Morgan fingerprint density at radius 2 is 1.83 bits per heavy atom. The lowest BCUT2D eigenvalue weighted by molar-refractivity contribution is 0.205. The molecule has 0 N–H and O–H groups in total. The largest absolute Gasteiger partial charge is 0.299 e. The van der Waals surface area contributed by atoms with Crippen molar-refractivity contribution in [3.8, 4) is 0 Å². The molecule has 0 radical (unpaired) electrons. The second kappa shape index (κ2) is 6.38. The molecule has 1 aliphatic heterocycles. The fourth-order valence-electron chi connectivity index (χ4n) is 3.49. The van der Waals surface area contributed by atoms with Gasteiger partial charge in [0.15, 0.2) is 0 Å². The molecule has 1 aliphatic rings. The Hall–Kier alpha value is -1.78. The highest BCUT2D eigenvalue weighted by Gasteiger charge is 2.23. The van der Waals surface area contributed by atoms with Gasteiger partial charge in [0.25, 0.3) is 0 Å². The van der Waals surface area contributed by atoms with Gasteiger partial charge in [-0.25, -0.2) is 0 Å². The highest BCUT2D eigenvalue weighted by molar-refractivity contribution is 7.11. The van der Waals surface area contributed by atoms with Crippen molar-refractivity contribution in [3.63, 3.8) is 0 Å². The normalized spacial score (nSPS) is 16.9. The van der Waals surface area contributed by atoms with Crippen molar-refractivity contribution in [2.45, 2.75) is 32.2 Å². The Morgan fingerprint density at radius 1 is 1.04 bits per heavy atom. The van der Waals surface area contributed by atoms with Crippen LogP contribution in [0.25, 0.3) is 10.8 Å². The predicted molar refractivity (Wildman–Crippen MR) is 95.8 cm³/mol. The van der Waals surface area contributed by atoms with Gasteiger partial charge < -0.3 is 0 Å². The van der Waals surface area contributed by atoms with E-state index in [1.165, 1.54) is 34.2 Å². The molecule has 4 rings (SSSR count). The van der Waals surface area contributed by atoms with Crippen molar-refractivity contribution in [3.05, 3.63) is 58.0 Å². The maximum Gasteiger partial charge on any atom is 0.120 e. The highest BCUT2D eigenvalue weighted by Crippen LogP contribution is 2.31. The van der Waals surface area contributed by atoms with E-state index in [0.717, 1.165) is 24.6 Å². The molecule has 118 valence electrons. The van der Waals surface area contributed by atoms with E-state index < -0.39 is 0 Å². The SMILES string of the molecule is Cc1nnc(C2CCN(Cc3cccc4ccccc34)CC2)s1. The lowest BCUT2D eigenvalue weighted by Gasteiger charge is -2.31. The van der Waals surface area contributed by atoms with Crippen molar-refractivity contribution in [1.29, 1.82) is 0 Å². The van der Waals surface area contributed by atoms with Crippen LogP contribution in [0.4, 0.5) is 0 Å². The molecule has 0 spiro atoms. The molecular weight excluding hydrogens is 302 g/mol. The van der Waals surface area contributed by atoms with Crippen LogP contribution in [0.1, 0.15) is 34.3 Å². The average molecular weight is 323 g/mol. The summed E-state index contributed by atoms with van der Waals surface area (Å²) in [4.78, 5) is 2.58. The van der Waals surface area contributed by atoms with Crippen LogP contribution in [0.3, 0.4) is 0 Å². The molecule has 0 bridgehead atoms. The van der Waals surface area contributed by atoms with E-state index in [9.17, 15) is 0 Å². The fourth-order valence-corrected chi connectivity index (χ4v) is 4.35. The van der Waals surface area contributed by atoms with Gasteiger partial charge in [-0.2, -0.15) is 0 Å². The van der Waals surface area contributed by atoms with Crippen LogP contribution < -0.4 is 0 Å². The van der Waals surface area contributed by atoms with E-state index in [4.69, 9.17) is 0 Å². The van der Waals surface area contributed by atoms with E-state index in [1.807, 2.05) is 6.92 Å². The average Bonchev–Trinajstić information content (AvgIpc) is 3.02. The van der Waals surface area contributed by atoms with Crippen LogP contribution in [0.2, 0.25) is 0 Å². The third kappa shape index (κ3) is 3.14.